The lowest BCUT2D eigenvalue weighted by molar-refractivity contribution is 0.0513. The molecule has 0 saturated heterocycles. The zero-order valence-electron chi connectivity index (χ0n) is 14.4. The van der Waals surface area contributed by atoms with E-state index in [1.54, 1.807) is 13.0 Å². The molecule has 4 rings (SSSR count). The lowest BCUT2D eigenvalue weighted by Crippen LogP contribution is -2.48. The number of halogens is 2. The van der Waals surface area contributed by atoms with E-state index in [0.29, 0.717) is 0 Å². The summed E-state index contributed by atoms with van der Waals surface area (Å²) in [6, 6.07) is 14.6. The normalized spacial score (nSPS) is 33.0. The Morgan fingerprint density at radius 3 is 2.29 bits per heavy atom. The van der Waals surface area contributed by atoms with Crippen LogP contribution in [-0.2, 0) is 5.41 Å². The Labute approximate surface area is 148 Å². The molecule has 0 N–H and O–H groups in total. The van der Waals surface area contributed by atoms with Crippen molar-refractivity contribution in [3.63, 3.8) is 0 Å². The summed E-state index contributed by atoms with van der Waals surface area (Å²) in [6.07, 6.45) is 5.41. The number of rotatable bonds is 3. The highest BCUT2D eigenvalue weighted by molar-refractivity contribution is 6.33. The molecular weight excluding hydrogens is 319 g/mol. The van der Waals surface area contributed by atoms with Gasteiger partial charge in [-0.2, -0.15) is 0 Å². The molecule has 0 nitrogen and oxygen atoms in total. The van der Waals surface area contributed by atoms with Crippen LogP contribution in [0.15, 0.2) is 54.6 Å². The van der Waals surface area contributed by atoms with Gasteiger partial charge >= 0.3 is 0 Å². The number of hydrogen-bond donors (Lipinski definition) is 0. The van der Waals surface area contributed by atoms with Gasteiger partial charge in [0, 0.05) is 21.4 Å². The topological polar surface area (TPSA) is 0 Å². The molecule has 2 aliphatic carbocycles. The molecule has 0 heterocycles. The van der Waals surface area contributed by atoms with Crippen LogP contribution in [-0.4, -0.2) is 5.67 Å². The zero-order valence-corrected chi connectivity index (χ0v) is 15.1. The van der Waals surface area contributed by atoms with Gasteiger partial charge in [-0.05, 0) is 42.5 Å². The van der Waals surface area contributed by atoms with Gasteiger partial charge in [0.05, 0.1) is 0 Å². The Kier molecular flexibility index (Phi) is 3.28. The van der Waals surface area contributed by atoms with E-state index in [-0.39, 0.29) is 5.41 Å². The molecule has 0 aromatic heterocycles. The van der Waals surface area contributed by atoms with Crippen molar-refractivity contribution >= 4 is 11.6 Å². The molecular formula is C22H22ClF. The Bertz CT molecular complexity index is 851. The molecule has 0 bridgehead atoms. The molecule has 2 aromatic rings. The number of fused-ring (bicyclic) bond motifs is 3. The molecule has 0 amide bonds. The summed E-state index contributed by atoms with van der Waals surface area (Å²) in [5.74, 6) is 0. The van der Waals surface area contributed by atoms with Gasteiger partial charge in [-0.3, -0.25) is 0 Å². The van der Waals surface area contributed by atoms with Gasteiger partial charge in [-0.1, -0.05) is 74.0 Å². The van der Waals surface area contributed by atoms with Crippen molar-refractivity contribution in [2.45, 2.75) is 44.7 Å². The Balaban J connectivity index is 1.96. The minimum Gasteiger partial charge on any atom is -0.239 e. The quantitative estimate of drug-likeness (QED) is 0.544. The molecule has 2 aliphatic rings. The van der Waals surface area contributed by atoms with Crippen LogP contribution in [0.5, 0.6) is 0 Å². The standard InChI is InChI=1S/C22H22ClF/c1-4-22(14-20(2)12-13-21(20,3)24)16-9-6-5-8-15(16)19-17(22)10-7-11-18(19)23/h5-13H,4,14H2,1-3H3/t20-,21?,22?/m0/s1. The molecule has 0 fully saturated rings. The summed E-state index contributed by atoms with van der Waals surface area (Å²) < 4.78 is 14.9. The van der Waals surface area contributed by atoms with Crippen LogP contribution in [0.2, 0.25) is 5.02 Å². The SMILES string of the molecule is CCC1(C[C@]2(C)C=CC2(C)F)c2ccccc2-c2c(Cl)cccc21. The first-order valence-corrected chi connectivity index (χ1v) is 9.01. The van der Waals surface area contributed by atoms with Crippen LogP contribution in [0.25, 0.3) is 11.1 Å². The number of alkyl halides is 1. The Morgan fingerprint density at radius 1 is 0.958 bits per heavy atom. The maximum atomic E-state index is 14.9. The van der Waals surface area contributed by atoms with E-state index < -0.39 is 11.1 Å². The van der Waals surface area contributed by atoms with E-state index in [1.807, 2.05) is 25.1 Å². The minimum atomic E-state index is -1.26. The smallest absolute Gasteiger partial charge is 0.135 e. The van der Waals surface area contributed by atoms with Crippen molar-refractivity contribution in [1.29, 1.82) is 0 Å². The Hall–Kier alpha value is -1.60. The third-order valence-corrected chi connectivity index (χ3v) is 6.71. The molecule has 124 valence electrons. The van der Waals surface area contributed by atoms with Gasteiger partial charge in [0.1, 0.15) is 5.67 Å². The Morgan fingerprint density at radius 2 is 1.67 bits per heavy atom. The zero-order chi connectivity index (χ0) is 17.2. The van der Waals surface area contributed by atoms with Gasteiger partial charge in [0.2, 0.25) is 0 Å². The van der Waals surface area contributed by atoms with Crippen molar-refractivity contribution in [2.24, 2.45) is 5.41 Å². The first-order chi connectivity index (χ1) is 11.3. The van der Waals surface area contributed by atoms with E-state index in [2.05, 4.69) is 37.3 Å². The predicted octanol–water partition coefficient (Wildman–Crippen LogP) is 6.71. The molecule has 2 unspecified atom stereocenters. The largest absolute Gasteiger partial charge is 0.239 e. The average molecular weight is 341 g/mol. The lowest BCUT2D eigenvalue weighted by Gasteiger charge is -2.49. The molecule has 0 radical (unpaired) electrons. The molecule has 2 heteroatoms. The van der Waals surface area contributed by atoms with Crippen LogP contribution < -0.4 is 0 Å². The highest BCUT2D eigenvalue weighted by Gasteiger charge is 2.55. The maximum absolute atomic E-state index is 14.9. The maximum Gasteiger partial charge on any atom is 0.135 e. The third kappa shape index (κ3) is 1.85. The number of benzene rings is 2. The molecule has 0 spiro atoms. The molecule has 24 heavy (non-hydrogen) atoms. The fraction of sp³-hybridized carbons (Fsp3) is 0.364. The van der Waals surface area contributed by atoms with E-state index >= 15 is 0 Å². The van der Waals surface area contributed by atoms with Gasteiger partial charge < -0.3 is 0 Å². The van der Waals surface area contributed by atoms with Gasteiger partial charge in [0.15, 0.2) is 0 Å². The highest BCUT2D eigenvalue weighted by Crippen LogP contribution is 2.61. The summed E-state index contributed by atoms with van der Waals surface area (Å²) in [7, 11) is 0. The predicted molar refractivity (Wildman–Crippen MR) is 99.3 cm³/mol. The molecule has 0 aliphatic heterocycles. The van der Waals surface area contributed by atoms with Crippen LogP contribution in [0.3, 0.4) is 0 Å². The second kappa shape index (κ2) is 4.95. The third-order valence-electron chi connectivity index (χ3n) is 6.39. The summed E-state index contributed by atoms with van der Waals surface area (Å²) in [4.78, 5) is 0. The van der Waals surface area contributed by atoms with Crippen molar-refractivity contribution < 1.29 is 4.39 Å². The lowest BCUT2D eigenvalue weighted by atomic mass is 9.56. The van der Waals surface area contributed by atoms with Crippen LogP contribution in [0, 0.1) is 5.41 Å². The van der Waals surface area contributed by atoms with E-state index in [9.17, 15) is 4.39 Å². The van der Waals surface area contributed by atoms with E-state index in [1.165, 1.54) is 16.7 Å². The van der Waals surface area contributed by atoms with Crippen molar-refractivity contribution in [3.05, 3.63) is 70.8 Å². The minimum absolute atomic E-state index is 0.191. The highest BCUT2D eigenvalue weighted by atomic mass is 35.5. The van der Waals surface area contributed by atoms with Gasteiger partial charge in [-0.15, -0.1) is 0 Å². The summed E-state index contributed by atoms with van der Waals surface area (Å²) >= 11 is 6.57. The van der Waals surface area contributed by atoms with Crippen molar-refractivity contribution in [2.75, 3.05) is 0 Å². The number of hydrogen-bond acceptors (Lipinski definition) is 0. The van der Waals surface area contributed by atoms with Crippen LogP contribution in [0.1, 0.15) is 44.7 Å². The second-order valence-corrected chi connectivity index (χ2v) is 8.05. The van der Waals surface area contributed by atoms with Crippen molar-refractivity contribution in [1.82, 2.24) is 0 Å². The van der Waals surface area contributed by atoms with Crippen LogP contribution >= 0.6 is 11.6 Å². The van der Waals surface area contributed by atoms with E-state index in [0.717, 1.165) is 23.4 Å². The monoisotopic (exact) mass is 340 g/mol. The summed E-state index contributed by atoms with van der Waals surface area (Å²) in [5.41, 5.74) is 2.95. The average Bonchev–Trinajstić information content (AvgIpc) is 2.86. The first-order valence-electron chi connectivity index (χ1n) is 8.63. The summed E-state index contributed by atoms with van der Waals surface area (Å²) in [5, 5.41) is 0.785. The number of allylic oxidation sites excluding steroid dienone is 2. The first kappa shape index (κ1) is 15.9. The van der Waals surface area contributed by atoms with Gasteiger partial charge in [-0.25, -0.2) is 4.39 Å². The second-order valence-electron chi connectivity index (χ2n) is 7.65. The van der Waals surface area contributed by atoms with Crippen LogP contribution in [0.4, 0.5) is 4.39 Å². The summed E-state index contributed by atoms with van der Waals surface area (Å²) in [6.45, 7) is 5.93. The fourth-order valence-corrected chi connectivity index (χ4v) is 4.89. The fourth-order valence-electron chi connectivity index (χ4n) is 4.61. The molecule has 0 saturated carbocycles. The molecule has 3 atom stereocenters. The molecule has 2 aromatic carbocycles. The van der Waals surface area contributed by atoms with Gasteiger partial charge in [0.25, 0.3) is 0 Å². The van der Waals surface area contributed by atoms with Crippen molar-refractivity contribution in [3.8, 4) is 11.1 Å². The van der Waals surface area contributed by atoms with E-state index in [4.69, 9.17) is 11.6 Å².